The first-order valence-electron chi connectivity index (χ1n) is 5.94. The molecule has 94 valence electrons. The van der Waals surface area contributed by atoms with Crippen molar-refractivity contribution in [2.45, 2.75) is 6.92 Å². The van der Waals surface area contributed by atoms with Crippen molar-refractivity contribution in [1.29, 1.82) is 0 Å². The highest BCUT2D eigenvalue weighted by atomic mass is 19.1. The molecule has 0 aliphatic carbocycles. The lowest BCUT2D eigenvalue weighted by Gasteiger charge is -2.07. The molecule has 0 unspecified atom stereocenters. The number of halogens is 1. The molecule has 0 bridgehead atoms. The fourth-order valence-electron chi connectivity index (χ4n) is 2.07. The van der Waals surface area contributed by atoms with Gasteiger partial charge in [0.25, 0.3) is 0 Å². The molecule has 1 heterocycles. The SMILES string of the molecule is Cc1ccccc1-c1nc(N)c2ccc(F)cc2n1. The van der Waals surface area contributed by atoms with Gasteiger partial charge in [-0.1, -0.05) is 24.3 Å². The molecule has 2 aromatic carbocycles. The van der Waals surface area contributed by atoms with Gasteiger partial charge in [-0.2, -0.15) is 0 Å². The molecule has 0 amide bonds. The first-order chi connectivity index (χ1) is 9.15. The molecule has 0 atom stereocenters. The zero-order valence-electron chi connectivity index (χ0n) is 10.4. The molecule has 1 aromatic heterocycles. The minimum absolute atomic E-state index is 0.332. The maximum Gasteiger partial charge on any atom is 0.162 e. The number of aryl methyl sites for hydroxylation is 1. The van der Waals surface area contributed by atoms with E-state index in [2.05, 4.69) is 9.97 Å². The lowest BCUT2D eigenvalue weighted by Crippen LogP contribution is -1.99. The first-order valence-corrected chi connectivity index (χ1v) is 5.94. The van der Waals surface area contributed by atoms with Crippen LogP contribution in [0.3, 0.4) is 0 Å². The molecule has 0 saturated carbocycles. The molecule has 0 aliphatic rings. The van der Waals surface area contributed by atoms with Gasteiger partial charge >= 0.3 is 0 Å². The van der Waals surface area contributed by atoms with Crippen LogP contribution in [-0.2, 0) is 0 Å². The zero-order valence-corrected chi connectivity index (χ0v) is 10.4. The van der Waals surface area contributed by atoms with E-state index >= 15 is 0 Å². The van der Waals surface area contributed by atoms with Gasteiger partial charge in [0.05, 0.1) is 5.52 Å². The summed E-state index contributed by atoms with van der Waals surface area (Å²) in [6.45, 7) is 1.98. The number of fused-ring (bicyclic) bond motifs is 1. The van der Waals surface area contributed by atoms with Gasteiger partial charge in [0, 0.05) is 17.0 Å². The Balaban J connectivity index is 2.29. The summed E-state index contributed by atoms with van der Waals surface area (Å²) >= 11 is 0. The maximum atomic E-state index is 13.3. The summed E-state index contributed by atoms with van der Waals surface area (Å²) in [6.07, 6.45) is 0. The average Bonchev–Trinajstić information content (AvgIpc) is 2.38. The van der Waals surface area contributed by atoms with Gasteiger partial charge < -0.3 is 5.73 Å². The molecule has 3 aromatic rings. The van der Waals surface area contributed by atoms with E-state index in [1.54, 1.807) is 6.07 Å². The summed E-state index contributed by atoms with van der Waals surface area (Å²) < 4.78 is 13.3. The molecule has 4 heteroatoms. The van der Waals surface area contributed by atoms with Crippen molar-refractivity contribution < 1.29 is 4.39 Å². The van der Waals surface area contributed by atoms with Gasteiger partial charge in [-0.3, -0.25) is 0 Å². The van der Waals surface area contributed by atoms with Gasteiger partial charge in [0.1, 0.15) is 11.6 Å². The van der Waals surface area contributed by atoms with Gasteiger partial charge in [0.15, 0.2) is 5.82 Å². The van der Waals surface area contributed by atoms with Crippen molar-refractivity contribution in [2.75, 3.05) is 5.73 Å². The van der Waals surface area contributed by atoms with Crippen molar-refractivity contribution in [3.63, 3.8) is 0 Å². The summed E-state index contributed by atoms with van der Waals surface area (Å²) in [6, 6.07) is 12.1. The van der Waals surface area contributed by atoms with Crippen LogP contribution in [0.1, 0.15) is 5.56 Å². The van der Waals surface area contributed by atoms with Crippen molar-refractivity contribution in [3.05, 3.63) is 53.8 Å². The van der Waals surface area contributed by atoms with Crippen molar-refractivity contribution >= 4 is 16.7 Å². The molecule has 3 rings (SSSR count). The second-order valence-electron chi connectivity index (χ2n) is 4.41. The largest absolute Gasteiger partial charge is 0.383 e. The number of rotatable bonds is 1. The number of nitrogens with two attached hydrogens (primary N) is 1. The smallest absolute Gasteiger partial charge is 0.162 e. The predicted octanol–water partition coefficient (Wildman–Crippen LogP) is 3.33. The highest BCUT2D eigenvalue weighted by Crippen LogP contribution is 2.25. The Labute approximate surface area is 109 Å². The fourth-order valence-corrected chi connectivity index (χ4v) is 2.07. The van der Waals surface area contributed by atoms with E-state index in [1.165, 1.54) is 12.1 Å². The van der Waals surface area contributed by atoms with Gasteiger partial charge in [-0.05, 0) is 24.6 Å². The monoisotopic (exact) mass is 253 g/mol. The van der Waals surface area contributed by atoms with Crippen LogP contribution < -0.4 is 5.73 Å². The second-order valence-corrected chi connectivity index (χ2v) is 4.41. The van der Waals surface area contributed by atoms with E-state index in [-0.39, 0.29) is 5.82 Å². The minimum atomic E-state index is -0.332. The zero-order chi connectivity index (χ0) is 13.4. The molecule has 0 radical (unpaired) electrons. The van der Waals surface area contributed by atoms with Crippen molar-refractivity contribution in [3.8, 4) is 11.4 Å². The normalized spacial score (nSPS) is 10.8. The van der Waals surface area contributed by atoms with Gasteiger partial charge in [-0.25, -0.2) is 14.4 Å². The van der Waals surface area contributed by atoms with Crippen molar-refractivity contribution in [1.82, 2.24) is 9.97 Å². The summed E-state index contributed by atoms with van der Waals surface area (Å²) in [7, 11) is 0. The molecular weight excluding hydrogens is 241 g/mol. The van der Waals surface area contributed by atoms with E-state index in [4.69, 9.17) is 5.73 Å². The summed E-state index contributed by atoms with van der Waals surface area (Å²) in [4.78, 5) is 8.70. The average molecular weight is 253 g/mol. The first kappa shape index (κ1) is 11.6. The van der Waals surface area contributed by atoms with Crippen LogP contribution in [0.5, 0.6) is 0 Å². The number of nitrogen functional groups attached to an aromatic ring is 1. The third kappa shape index (κ3) is 2.01. The predicted molar refractivity (Wildman–Crippen MR) is 74.1 cm³/mol. The molecule has 2 N–H and O–H groups in total. The molecule has 0 spiro atoms. The molecule has 0 aliphatic heterocycles. The summed E-state index contributed by atoms with van der Waals surface area (Å²) in [5, 5.41) is 0.665. The Morgan fingerprint density at radius 1 is 1.05 bits per heavy atom. The minimum Gasteiger partial charge on any atom is -0.383 e. The van der Waals surface area contributed by atoms with Gasteiger partial charge in [0.2, 0.25) is 0 Å². The van der Waals surface area contributed by atoms with E-state index < -0.39 is 0 Å². The Hall–Kier alpha value is -2.49. The molecule has 0 saturated heterocycles. The number of nitrogens with zero attached hydrogens (tertiary/aromatic N) is 2. The third-order valence-electron chi connectivity index (χ3n) is 3.07. The fraction of sp³-hybridized carbons (Fsp3) is 0.0667. The third-order valence-corrected chi connectivity index (χ3v) is 3.07. The van der Waals surface area contributed by atoms with E-state index in [0.717, 1.165) is 11.1 Å². The van der Waals surface area contributed by atoms with Crippen LogP contribution >= 0.6 is 0 Å². The number of benzene rings is 2. The Morgan fingerprint density at radius 3 is 2.63 bits per heavy atom. The highest BCUT2D eigenvalue weighted by molar-refractivity contribution is 5.89. The summed E-state index contributed by atoms with van der Waals surface area (Å²) in [5.41, 5.74) is 8.40. The molecule has 0 fully saturated rings. The Bertz CT molecular complexity index is 768. The van der Waals surface area contributed by atoms with Crippen LogP contribution in [-0.4, -0.2) is 9.97 Å². The quantitative estimate of drug-likeness (QED) is 0.723. The van der Waals surface area contributed by atoms with Gasteiger partial charge in [-0.15, -0.1) is 0 Å². The molecule has 3 nitrogen and oxygen atoms in total. The molecule has 19 heavy (non-hydrogen) atoms. The lowest BCUT2D eigenvalue weighted by molar-refractivity contribution is 0.629. The number of hydrogen-bond donors (Lipinski definition) is 1. The van der Waals surface area contributed by atoms with E-state index in [1.807, 2.05) is 31.2 Å². The van der Waals surface area contributed by atoms with Crippen LogP contribution in [0.25, 0.3) is 22.3 Å². The van der Waals surface area contributed by atoms with Crippen LogP contribution in [0.15, 0.2) is 42.5 Å². The van der Waals surface area contributed by atoms with Crippen LogP contribution in [0.4, 0.5) is 10.2 Å². The molecular formula is C15H12FN3. The summed E-state index contributed by atoms with van der Waals surface area (Å²) in [5.74, 6) is 0.554. The number of anilines is 1. The van der Waals surface area contributed by atoms with Crippen LogP contribution in [0, 0.1) is 12.7 Å². The number of hydrogen-bond acceptors (Lipinski definition) is 3. The Kier molecular flexibility index (Phi) is 2.63. The van der Waals surface area contributed by atoms with E-state index in [9.17, 15) is 4.39 Å². The van der Waals surface area contributed by atoms with Crippen molar-refractivity contribution in [2.24, 2.45) is 0 Å². The standard InChI is InChI=1S/C15H12FN3/c1-9-4-2-3-5-11(9)15-18-13-8-10(16)6-7-12(13)14(17)19-15/h2-8H,1H3,(H2,17,18,19). The topological polar surface area (TPSA) is 51.8 Å². The Morgan fingerprint density at radius 2 is 1.84 bits per heavy atom. The van der Waals surface area contributed by atoms with E-state index in [0.29, 0.717) is 22.5 Å². The second kappa shape index (κ2) is 4.31. The number of aromatic nitrogens is 2. The maximum absolute atomic E-state index is 13.3. The van der Waals surface area contributed by atoms with Crippen LogP contribution in [0.2, 0.25) is 0 Å². The highest BCUT2D eigenvalue weighted by Gasteiger charge is 2.09. The lowest BCUT2D eigenvalue weighted by atomic mass is 10.1.